The SMILES string of the molecule is CCN(C1CNC1)C(C)c1nc(C)sc1C. The quantitative estimate of drug-likeness (QED) is 0.872. The van der Waals surface area contributed by atoms with E-state index in [9.17, 15) is 0 Å². The maximum Gasteiger partial charge on any atom is 0.0900 e. The Hall–Kier alpha value is -0.450. The van der Waals surface area contributed by atoms with Gasteiger partial charge in [-0.15, -0.1) is 11.3 Å². The molecule has 16 heavy (non-hydrogen) atoms. The maximum absolute atomic E-state index is 4.68. The first kappa shape index (κ1) is 12.0. The summed E-state index contributed by atoms with van der Waals surface area (Å²) < 4.78 is 0. The minimum absolute atomic E-state index is 0.446. The van der Waals surface area contributed by atoms with E-state index in [-0.39, 0.29) is 0 Å². The third kappa shape index (κ3) is 2.14. The molecule has 1 N–H and O–H groups in total. The van der Waals surface area contributed by atoms with Gasteiger partial charge in [-0.2, -0.15) is 0 Å². The summed E-state index contributed by atoms with van der Waals surface area (Å²) in [6.07, 6.45) is 0. The molecule has 0 radical (unpaired) electrons. The Balaban J connectivity index is 2.15. The van der Waals surface area contributed by atoms with E-state index in [1.807, 2.05) is 11.3 Å². The van der Waals surface area contributed by atoms with Crippen molar-refractivity contribution < 1.29 is 0 Å². The summed E-state index contributed by atoms with van der Waals surface area (Å²) in [5, 5.41) is 4.53. The van der Waals surface area contributed by atoms with Gasteiger partial charge < -0.3 is 5.32 Å². The van der Waals surface area contributed by atoms with E-state index in [2.05, 4.69) is 42.9 Å². The summed E-state index contributed by atoms with van der Waals surface area (Å²) in [6, 6.07) is 1.14. The fraction of sp³-hybridized carbons (Fsp3) is 0.750. The molecule has 90 valence electrons. The lowest BCUT2D eigenvalue weighted by Crippen LogP contribution is -2.57. The Morgan fingerprint density at radius 2 is 2.19 bits per heavy atom. The van der Waals surface area contributed by atoms with Crippen LogP contribution in [0.25, 0.3) is 0 Å². The summed E-state index contributed by atoms with van der Waals surface area (Å²) in [4.78, 5) is 8.60. The molecular formula is C12H21N3S. The van der Waals surface area contributed by atoms with Crippen LogP contribution < -0.4 is 5.32 Å². The molecule has 3 nitrogen and oxygen atoms in total. The van der Waals surface area contributed by atoms with Crippen molar-refractivity contribution in [2.24, 2.45) is 0 Å². The molecule has 0 amide bonds. The van der Waals surface area contributed by atoms with Crippen molar-refractivity contribution >= 4 is 11.3 Å². The molecule has 1 saturated heterocycles. The summed E-state index contributed by atoms with van der Waals surface area (Å²) in [6.45, 7) is 12.1. The maximum atomic E-state index is 4.68. The number of aromatic nitrogens is 1. The molecule has 0 aliphatic carbocycles. The van der Waals surface area contributed by atoms with Crippen LogP contribution in [0.3, 0.4) is 0 Å². The van der Waals surface area contributed by atoms with Gasteiger partial charge in [-0.1, -0.05) is 6.92 Å². The van der Waals surface area contributed by atoms with E-state index in [0.29, 0.717) is 12.1 Å². The monoisotopic (exact) mass is 239 g/mol. The van der Waals surface area contributed by atoms with Gasteiger partial charge >= 0.3 is 0 Å². The topological polar surface area (TPSA) is 28.2 Å². The van der Waals surface area contributed by atoms with Crippen LogP contribution in [0, 0.1) is 13.8 Å². The lowest BCUT2D eigenvalue weighted by atomic mass is 10.1. The van der Waals surface area contributed by atoms with E-state index in [0.717, 1.165) is 19.6 Å². The van der Waals surface area contributed by atoms with Crippen LogP contribution in [0.4, 0.5) is 0 Å². The highest BCUT2D eigenvalue weighted by Crippen LogP contribution is 2.28. The normalized spacial score (nSPS) is 18.8. The van der Waals surface area contributed by atoms with Crippen LogP contribution in [0.1, 0.15) is 35.5 Å². The molecule has 2 rings (SSSR count). The average Bonchev–Trinajstić information content (AvgIpc) is 2.50. The van der Waals surface area contributed by atoms with Crippen LogP contribution in [-0.2, 0) is 0 Å². The summed E-state index contributed by atoms with van der Waals surface area (Å²) >= 11 is 1.81. The van der Waals surface area contributed by atoms with E-state index in [4.69, 9.17) is 0 Å². The summed E-state index contributed by atoms with van der Waals surface area (Å²) in [5.74, 6) is 0. The van der Waals surface area contributed by atoms with Crippen molar-refractivity contribution in [1.29, 1.82) is 0 Å². The van der Waals surface area contributed by atoms with E-state index in [1.165, 1.54) is 15.6 Å². The van der Waals surface area contributed by atoms with Gasteiger partial charge in [-0.25, -0.2) is 4.98 Å². The molecule has 0 aromatic carbocycles. The minimum atomic E-state index is 0.446. The Bertz CT molecular complexity index is 357. The smallest absolute Gasteiger partial charge is 0.0900 e. The van der Waals surface area contributed by atoms with Gasteiger partial charge in [0.1, 0.15) is 0 Å². The fourth-order valence-corrected chi connectivity index (χ4v) is 3.35. The molecule has 0 spiro atoms. The van der Waals surface area contributed by atoms with Crippen LogP contribution in [0.15, 0.2) is 0 Å². The molecule has 4 heteroatoms. The number of aryl methyl sites for hydroxylation is 2. The molecule has 1 unspecified atom stereocenters. The Morgan fingerprint density at radius 1 is 1.50 bits per heavy atom. The first-order valence-corrected chi connectivity index (χ1v) is 6.85. The van der Waals surface area contributed by atoms with Crippen LogP contribution in [0.5, 0.6) is 0 Å². The second-order valence-electron chi connectivity index (χ2n) is 4.49. The number of thiazole rings is 1. The number of likely N-dealkylation sites (N-methyl/N-ethyl adjacent to an activating group) is 1. The molecule has 1 atom stereocenters. The Morgan fingerprint density at radius 3 is 2.56 bits per heavy atom. The van der Waals surface area contributed by atoms with Gasteiger partial charge in [-0.05, 0) is 27.3 Å². The lowest BCUT2D eigenvalue weighted by Gasteiger charge is -2.41. The summed E-state index contributed by atoms with van der Waals surface area (Å²) in [5.41, 5.74) is 1.27. The highest BCUT2D eigenvalue weighted by molar-refractivity contribution is 7.11. The highest BCUT2D eigenvalue weighted by atomic mass is 32.1. The molecule has 1 aromatic rings. The third-order valence-electron chi connectivity index (χ3n) is 3.43. The van der Waals surface area contributed by atoms with Gasteiger partial charge in [0.15, 0.2) is 0 Å². The molecule has 2 heterocycles. The van der Waals surface area contributed by atoms with Gasteiger partial charge in [0.2, 0.25) is 0 Å². The number of nitrogens with zero attached hydrogens (tertiary/aromatic N) is 2. The number of hydrogen-bond acceptors (Lipinski definition) is 4. The van der Waals surface area contributed by atoms with Crippen molar-refractivity contribution in [3.8, 4) is 0 Å². The molecular weight excluding hydrogens is 218 g/mol. The van der Waals surface area contributed by atoms with Gasteiger partial charge in [0, 0.05) is 24.0 Å². The van der Waals surface area contributed by atoms with Crippen molar-refractivity contribution in [3.63, 3.8) is 0 Å². The van der Waals surface area contributed by atoms with Crippen molar-refractivity contribution in [3.05, 3.63) is 15.6 Å². The van der Waals surface area contributed by atoms with Crippen molar-refractivity contribution in [2.45, 2.75) is 39.8 Å². The first-order valence-electron chi connectivity index (χ1n) is 6.03. The van der Waals surface area contributed by atoms with Crippen LogP contribution >= 0.6 is 11.3 Å². The molecule has 1 aliphatic heterocycles. The zero-order valence-electron chi connectivity index (χ0n) is 10.6. The number of nitrogens with one attached hydrogen (secondary N) is 1. The van der Waals surface area contributed by atoms with Crippen LogP contribution in [0.2, 0.25) is 0 Å². The fourth-order valence-electron chi connectivity index (χ4n) is 2.45. The third-order valence-corrected chi connectivity index (χ3v) is 4.33. The predicted molar refractivity (Wildman–Crippen MR) is 69.0 cm³/mol. The molecule has 0 bridgehead atoms. The second kappa shape index (κ2) is 4.82. The lowest BCUT2D eigenvalue weighted by molar-refractivity contribution is 0.107. The summed E-state index contributed by atoms with van der Waals surface area (Å²) in [7, 11) is 0. The largest absolute Gasteiger partial charge is 0.314 e. The molecule has 0 saturated carbocycles. The van der Waals surface area contributed by atoms with E-state index < -0.39 is 0 Å². The van der Waals surface area contributed by atoms with Gasteiger partial charge in [0.05, 0.1) is 16.7 Å². The highest BCUT2D eigenvalue weighted by Gasteiger charge is 2.29. The standard InChI is InChI=1S/C12H21N3S/c1-5-15(11-6-13-7-11)8(2)12-9(3)16-10(4)14-12/h8,11,13H,5-7H2,1-4H3. The zero-order chi connectivity index (χ0) is 11.7. The predicted octanol–water partition coefficient (Wildman–Crippen LogP) is 2.11. The number of hydrogen-bond donors (Lipinski definition) is 1. The second-order valence-corrected chi connectivity index (χ2v) is 5.90. The molecule has 1 fully saturated rings. The molecule has 1 aromatic heterocycles. The average molecular weight is 239 g/mol. The van der Waals surface area contributed by atoms with E-state index >= 15 is 0 Å². The van der Waals surface area contributed by atoms with Crippen molar-refractivity contribution in [2.75, 3.05) is 19.6 Å². The van der Waals surface area contributed by atoms with Crippen molar-refractivity contribution in [1.82, 2.24) is 15.2 Å². The van der Waals surface area contributed by atoms with Crippen LogP contribution in [-0.4, -0.2) is 35.6 Å². The molecule has 1 aliphatic rings. The van der Waals surface area contributed by atoms with E-state index in [1.54, 1.807) is 0 Å². The number of rotatable bonds is 4. The first-order chi connectivity index (χ1) is 7.63. The Labute approximate surface area is 102 Å². The Kier molecular flexibility index (Phi) is 3.62. The van der Waals surface area contributed by atoms with Gasteiger partial charge in [-0.3, -0.25) is 4.90 Å². The minimum Gasteiger partial charge on any atom is -0.314 e. The van der Waals surface area contributed by atoms with Gasteiger partial charge in [0.25, 0.3) is 0 Å². The zero-order valence-corrected chi connectivity index (χ0v) is 11.4.